The zero-order valence-electron chi connectivity index (χ0n) is 34.7. The summed E-state index contributed by atoms with van der Waals surface area (Å²) in [6.07, 6.45) is 2.08. The highest BCUT2D eigenvalue weighted by atomic mass is 16.5. The number of hydrogen-bond donors (Lipinski definition) is 1. The predicted molar refractivity (Wildman–Crippen MR) is 224 cm³/mol. The second-order valence-corrected chi connectivity index (χ2v) is 16.7. The number of esters is 1. The highest BCUT2D eigenvalue weighted by molar-refractivity contribution is 5.78. The summed E-state index contributed by atoms with van der Waals surface area (Å²) in [6, 6.07) is 25.9. The Morgan fingerprint density at radius 1 is 0.817 bits per heavy atom. The van der Waals surface area contributed by atoms with Gasteiger partial charge in [0.15, 0.2) is 0 Å². The third-order valence-corrected chi connectivity index (χ3v) is 10.4. The number of hydrogen-bond acceptors (Lipinski definition) is 12. The van der Waals surface area contributed by atoms with Gasteiger partial charge in [-0.05, 0) is 138 Å². The molecule has 2 heterocycles. The van der Waals surface area contributed by atoms with E-state index in [1.54, 1.807) is 18.2 Å². The molecule has 0 bridgehead atoms. The fourth-order valence-electron chi connectivity index (χ4n) is 7.55. The number of carbonyl (C=O) groups excluding carboxylic acids is 1. The Bertz CT molecular complexity index is 2720. The van der Waals surface area contributed by atoms with E-state index in [4.69, 9.17) is 43.8 Å². The average Bonchev–Trinajstić information content (AvgIpc) is 4.05. The van der Waals surface area contributed by atoms with Crippen LogP contribution in [0.3, 0.4) is 0 Å². The van der Waals surface area contributed by atoms with Crippen molar-refractivity contribution >= 4 is 11.7 Å². The van der Waals surface area contributed by atoms with Crippen molar-refractivity contribution in [1.82, 2.24) is 20.3 Å². The van der Waals surface area contributed by atoms with E-state index in [2.05, 4.69) is 28.5 Å². The lowest BCUT2D eigenvalue weighted by Gasteiger charge is -2.20. The van der Waals surface area contributed by atoms with Gasteiger partial charge in [0.25, 0.3) is 11.8 Å². The molecule has 6 aromatic rings. The highest BCUT2D eigenvalue weighted by Crippen LogP contribution is 2.46. The molecule has 0 aliphatic heterocycles. The Hall–Kier alpha value is -6.83. The van der Waals surface area contributed by atoms with Crippen molar-refractivity contribution in [2.24, 2.45) is 11.1 Å². The van der Waals surface area contributed by atoms with Crippen LogP contribution >= 0.6 is 0 Å². The molecule has 2 unspecified atom stereocenters. The smallest absolute Gasteiger partial charge is 0.347 e. The van der Waals surface area contributed by atoms with E-state index in [-0.39, 0.29) is 30.1 Å². The predicted octanol–water partition coefficient (Wildman–Crippen LogP) is 10.1. The van der Waals surface area contributed by atoms with Gasteiger partial charge >= 0.3 is 17.7 Å². The van der Waals surface area contributed by atoms with Crippen LogP contribution in [0.15, 0.2) is 75.8 Å². The summed E-state index contributed by atoms with van der Waals surface area (Å²) in [5.74, 6) is 2.16. The number of ether oxygens (including phenoxy) is 3. The second kappa shape index (κ2) is 16.1. The monoisotopic (exact) mass is 804 g/mol. The number of aromatic nitrogens is 4. The topological polar surface area (TPSA) is 177 Å². The molecule has 0 saturated carbocycles. The van der Waals surface area contributed by atoms with Crippen molar-refractivity contribution in [3.05, 3.63) is 105 Å². The maximum atomic E-state index is 13.2. The van der Waals surface area contributed by atoms with Gasteiger partial charge in [0.2, 0.25) is 11.6 Å². The third kappa shape index (κ3) is 7.96. The summed E-state index contributed by atoms with van der Waals surface area (Å²) in [4.78, 5) is 27.6. The molecule has 2 aromatic heterocycles. The molecule has 4 aromatic carbocycles. The van der Waals surface area contributed by atoms with Crippen molar-refractivity contribution < 1.29 is 28.1 Å². The quantitative estimate of drug-likeness (QED) is 0.137. The van der Waals surface area contributed by atoms with Gasteiger partial charge in [-0.25, -0.2) is 0 Å². The average molecular weight is 805 g/mol. The summed E-state index contributed by atoms with van der Waals surface area (Å²) >= 11 is 0. The normalized spacial score (nSPS) is 15.6. The lowest BCUT2D eigenvalue weighted by atomic mass is 9.97. The van der Waals surface area contributed by atoms with Crippen LogP contribution in [0.25, 0.3) is 50.5 Å². The summed E-state index contributed by atoms with van der Waals surface area (Å²) in [6.45, 7) is 13.2. The van der Waals surface area contributed by atoms with Crippen LogP contribution in [0, 0.1) is 22.8 Å². The van der Waals surface area contributed by atoms with Crippen LogP contribution in [-0.4, -0.2) is 38.5 Å². The van der Waals surface area contributed by atoms with Crippen LogP contribution in [0.1, 0.15) is 107 Å². The first-order valence-corrected chi connectivity index (χ1v) is 20.2. The van der Waals surface area contributed by atoms with Gasteiger partial charge in [0.05, 0.1) is 28.7 Å². The number of rotatable bonds is 9. The zero-order valence-corrected chi connectivity index (χ0v) is 34.7. The SMILES string of the molecule is CC(C)Oc1ccc(-c2nc(-c3ccc([N+]#Cc4ccc(-c5nc(-c6cccc7c6CCC7N)no5)cc4OC(C)C)c4c3CCC4OC(=O)C(C)(C)C)no2)cc1C#N. The minimum absolute atomic E-state index is 0.00911. The molecule has 0 fully saturated rings. The van der Waals surface area contributed by atoms with E-state index in [0.29, 0.717) is 69.8 Å². The van der Waals surface area contributed by atoms with Crippen LogP contribution in [0.4, 0.5) is 5.69 Å². The minimum atomic E-state index is -0.713. The van der Waals surface area contributed by atoms with Gasteiger partial charge in [-0.1, -0.05) is 28.5 Å². The summed E-state index contributed by atoms with van der Waals surface area (Å²) in [5.41, 5.74) is 14.0. The molecule has 2 aliphatic carbocycles. The van der Waals surface area contributed by atoms with Gasteiger partial charge in [0, 0.05) is 34.4 Å². The molecule has 60 heavy (non-hydrogen) atoms. The van der Waals surface area contributed by atoms with Crippen LogP contribution in [0.2, 0.25) is 0 Å². The molecule has 304 valence electrons. The molecular formula is C47H46N7O6+. The maximum absolute atomic E-state index is 13.2. The first kappa shape index (κ1) is 40.0. The van der Waals surface area contributed by atoms with Gasteiger partial charge in [-0.3, -0.25) is 4.79 Å². The van der Waals surface area contributed by atoms with Gasteiger partial charge in [-0.2, -0.15) is 15.2 Å². The van der Waals surface area contributed by atoms with E-state index >= 15 is 0 Å². The molecular weight excluding hydrogens is 759 g/mol. The zero-order chi connectivity index (χ0) is 42.3. The van der Waals surface area contributed by atoms with Crippen LogP contribution in [-0.2, 0) is 22.4 Å². The van der Waals surface area contributed by atoms with E-state index in [1.165, 1.54) is 0 Å². The largest absolute Gasteiger partial charge is 0.490 e. The highest BCUT2D eigenvalue weighted by Gasteiger charge is 2.38. The number of benzene rings is 4. The van der Waals surface area contributed by atoms with E-state index in [1.807, 2.05) is 90.9 Å². The van der Waals surface area contributed by atoms with E-state index in [9.17, 15) is 10.1 Å². The van der Waals surface area contributed by atoms with Gasteiger partial charge in [-0.15, -0.1) is 0 Å². The third-order valence-electron chi connectivity index (χ3n) is 10.4. The summed E-state index contributed by atoms with van der Waals surface area (Å²) < 4.78 is 29.7. The number of nitrogens with zero attached hydrogens (tertiary/aromatic N) is 6. The summed E-state index contributed by atoms with van der Waals surface area (Å²) in [5, 5.41) is 18.4. The molecule has 0 saturated heterocycles. The van der Waals surface area contributed by atoms with E-state index in [0.717, 1.165) is 46.2 Å². The second-order valence-electron chi connectivity index (χ2n) is 16.7. The molecule has 2 atom stereocenters. The van der Waals surface area contributed by atoms with Crippen molar-refractivity contribution in [3.8, 4) is 69.3 Å². The number of carbonyl (C=O) groups is 1. The number of nitrogens with two attached hydrogens (primary N) is 1. The Morgan fingerprint density at radius 3 is 2.15 bits per heavy atom. The lowest BCUT2D eigenvalue weighted by molar-refractivity contribution is -0.158. The fourth-order valence-corrected chi connectivity index (χ4v) is 7.55. The van der Waals surface area contributed by atoms with Crippen molar-refractivity contribution in [2.75, 3.05) is 0 Å². The van der Waals surface area contributed by atoms with Gasteiger partial charge < -0.3 is 29.0 Å². The molecule has 0 amide bonds. The maximum Gasteiger partial charge on any atom is 0.347 e. The minimum Gasteiger partial charge on any atom is -0.490 e. The Morgan fingerprint density at radius 2 is 1.47 bits per heavy atom. The first-order chi connectivity index (χ1) is 28.8. The Balaban J connectivity index is 1.14. The van der Waals surface area contributed by atoms with Crippen LogP contribution < -0.4 is 15.2 Å². The molecule has 0 spiro atoms. The standard InChI is InChI=1S/C47H46N7O6/c1-25(2)56-38-19-13-27(21-30(38)23-48)44-52-43(54-59-44)35-15-18-37(41-33(35)16-20-39(41)58-46(55)47(5,6)7)50-24-29-12-11-28(22-40(29)57-26(3)4)45-51-42(53-60-45)34-10-8-9-32-31(34)14-17-36(32)49/h8-13,15,18-19,21-22,25-26,36,39H,14,16-17,20,49H2,1-7H3/q+1. The summed E-state index contributed by atoms with van der Waals surface area (Å²) in [7, 11) is 0. The van der Waals surface area contributed by atoms with Crippen molar-refractivity contribution in [3.63, 3.8) is 0 Å². The van der Waals surface area contributed by atoms with Crippen LogP contribution in [0.5, 0.6) is 11.5 Å². The van der Waals surface area contributed by atoms with Crippen molar-refractivity contribution in [2.45, 2.75) is 98.5 Å². The first-order valence-electron chi connectivity index (χ1n) is 20.2. The number of fused-ring (bicyclic) bond motifs is 2. The molecule has 2 N–H and O–H groups in total. The lowest BCUT2D eigenvalue weighted by Crippen LogP contribution is -2.24. The number of nitriles is 1. The molecule has 13 nitrogen and oxygen atoms in total. The fraction of sp³-hybridized carbons (Fsp3) is 0.340. The Kier molecular flexibility index (Phi) is 10.7. The molecule has 0 radical (unpaired) electrons. The van der Waals surface area contributed by atoms with Gasteiger partial charge in [0.1, 0.15) is 29.2 Å². The van der Waals surface area contributed by atoms with Crippen molar-refractivity contribution in [1.29, 1.82) is 5.26 Å². The molecule has 2 aliphatic rings. The van der Waals surface area contributed by atoms with E-state index < -0.39 is 11.5 Å². The molecule has 13 heteroatoms. The molecule has 8 rings (SSSR count). The Labute approximate surface area is 348 Å².